The quantitative estimate of drug-likeness (QED) is 0.286. The molecular weight excluding hydrogens is 536 g/mol. The molecular formula is C22H18Cl2F5N3O4. The van der Waals surface area contributed by atoms with E-state index in [9.17, 15) is 31.5 Å². The second-order valence-electron chi connectivity index (χ2n) is 7.67. The number of nitrogens with zero attached hydrogens (tertiary/aromatic N) is 2. The maximum absolute atomic E-state index is 12.7. The Morgan fingerprint density at radius 1 is 1.22 bits per heavy atom. The molecule has 0 unspecified atom stereocenters. The van der Waals surface area contributed by atoms with Crippen LogP contribution < -0.4 is 5.32 Å². The fourth-order valence-corrected chi connectivity index (χ4v) is 3.95. The highest BCUT2D eigenvalue weighted by Crippen LogP contribution is 2.23. The van der Waals surface area contributed by atoms with Crippen LogP contribution in [0, 0.1) is 6.92 Å². The lowest BCUT2D eigenvalue weighted by Crippen LogP contribution is -2.43. The molecule has 1 heterocycles. The predicted octanol–water partition coefficient (Wildman–Crippen LogP) is 4.92. The molecule has 1 saturated heterocycles. The van der Waals surface area contributed by atoms with Gasteiger partial charge in [0.05, 0.1) is 5.71 Å². The van der Waals surface area contributed by atoms with Crippen LogP contribution >= 0.6 is 23.2 Å². The Kier molecular flexibility index (Phi) is 8.75. The normalized spacial score (nSPS) is 16.6. The summed E-state index contributed by atoms with van der Waals surface area (Å²) in [5, 5.41) is 6.67. The Morgan fingerprint density at radius 2 is 1.89 bits per heavy atom. The molecule has 2 aromatic rings. The molecule has 1 N–H and O–H groups in total. The first-order valence-corrected chi connectivity index (χ1v) is 11.0. The van der Waals surface area contributed by atoms with Gasteiger partial charge in [-0.3, -0.25) is 19.3 Å². The molecule has 1 aliphatic heterocycles. The molecule has 36 heavy (non-hydrogen) atoms. The largest absolute Gasteiger partial charge is 0.593 e. The molecule has 1 aliphatic rings. The summed E-state index contributed by atoms with van der Waals surface area (Å²) >= 11 is 11.9. The van der Waals surface area contributed by atoms with Crippen LogP contribution in [0.5, 0.6) is 0 Å². The van der Waals surface area contributed by atoms with Crippen LogP contribution in [0.1, 0.15) is 27.0 Å². The van der Waals surface area contributed by atoms with E-state index in [4.69, 9.17) is 28.0 Å². The lowest BCUT2D eigenvalue weighted by molar-refractivity contribution is -0.325. The van der Waals surface area contributed by atoms with Crippen LogP contribution in [-0.2, 0) is 20.9 Å². The maximum Gasteiger partial charge on any atom is 0.593 e. The standard InChI is InChI=1S/C22H18Cl2F5N3O4/c1-11-4-13(17(31-36-22(27,28)29)7-12-5-14(23)8-15(24)6-12)2-3-16(11)20(33)30-18-10-35-32(21(18)34)9-19(25)26/h2-6,8,18-19H,7,9-10H2,1H3,(H,30,33)/b31-17+/t18-/m1/s1. The van der Waals surface area contributed by atoms with Crippen molar-refractivity contribution in [3.63, 3.8) is 0 Å². The van der Waals surface area contributed by atoms with E-state index in [2.05, 4.69) is 15.3 Å². The van der Waals surface area contributed by atoms with Gasteiger partial charge in [-0.1, -0.05) is 34.4 Å². The number of nitrogens with one attached hydrogen (secondary N) is 1. The van der Waals surface area contributed by atoms with Gasteiger partial charge in [0.1, 0.15) is 19.2 Å². The Hall–Kier alpha value is -2.96. The zero-order valence-corrected chi connectivity index (χ0v) is 19.9. The molecule has 1 atom stereocenters. The third-order valence-electron chi connectivity index (χ3n) is 4.91. The smallest absolute Gasteiger partial charge is 0.338 e. The van der Waals surface area contributed by atoms with Crippen molar-refractivity contribution in [1.82, 2.24) is 10.4 Å². The van der Waals surface area contributed by atoms with E-state index in [-0.39, 0.29) is 39.9 Å². The van der Waals surface area contributed by atoms with Gasteiger partial charge in [0.25, 0.3) is 18.2 Å². The first-order chi connectivity index (χ1) is 16.8. The van der Waals surface area contributed by atoms with Crippen molar-refractivity contribution in [2.75, 3.05) is 13.2 Å². The second kappa shape index (κ2) is 11.4. The molecule has 0 aromatic heterocycles. The highest BCUT2D eigenvalue weighted by molar-refractivity contribution is 6.34. The van der Waals surface area contributed by atoms with Gasteiger partial charge in [-0.05, 0) is 53.9 Å². The molecule has 0 bridgehead atoms. The monoisotopic (exact) mass is 553 g/mol. The van der Waals surface area contributed by atoms with E-state index < -0.39 is 37.2 Å². The molecule has 7 nitrogen and oxygen atoms in total. The fourth-order valence-electron chi connectivity index (χ4n) is 3.38. The summed E-state index contributed by atoms with van der Waals surface area (Å²) in [6.07, 6.45) is -7.96. The van der Waals surface area contributed by atoms with E-state index in [0.717, 1.165) is 0 Å². The maximum atomic E-state index is 12.7. The number of hydrogen-bond acceptors (Lipinski definition) is 5. The summed E-state index contributed by atoms with van der Waals surface area (Å²) < 4.78 is 63.0. The number of aryl methyl sites for hydroxylation is 1. The van der Waals surface area contributed by atoms with E-state index in [1.807, 2.05) is 0 Å². The van der Waals surface area contributed by atoms with Crippen LogP contribution in [0.25, 0.3) is 0 Å². The zero-order valence-electron chi connectivity index (χ0n) is 18.4. The second-order valence-corrected chi connectivity index (χ2v) is 8.54. The molecule has 3 rings (SSSR count). The molecule has 2 amide bonds. The lowest BCUT2D eigenvalue weighted by Gasteiger charge is -2.15. The van der Waals surface area contributed by atoms with Crippen molar-refractivity contribution < 1.29 is 41.2 Å². The number of hydroxylamine groups is 2. The van der Waals surface area contributed by atoms with Gasteiger partial charge < -0.3 is 5.32 Å². The summed E-state index contributed by atoms with van der Waals surface area (Å²) in [6.45, 7) is 0.272. The zero-order chi connectivity index (χ0) is 26.6. The Morgan fingerprint density at radius 3 is 2.47 bits per heavy atom. The third-order valence-corrected chi connectivity index (χ3v) is 5.34. The number of rotatable bonds is 8. The molecule has 1 fully saturated rings. The number of benzene rings is 2. The SMILES string of the molecule is Cc1cc(/C(Cc2cc(Cl)cc(Cl)c2)=N/OC(F)(F)F)ccc1C(=O)N[C@@H]1CON(CC(F)F)C1=O. The average molecular weight is 554 g/mol. The number of carbonyl (C=O) groups excluding carboxylic acids is 2. The average Bonchev–Trinajstić information content (AvgIpc) is 3.08. The minimum Gasteiger partial charge on any atom is -0.338 e. The number of oxime groups is 1. The van der Waals surface area contributed by atoms with Gasteiger partial charge in [0.2, 0.25) is 0 Å². The molecule has 2 aromatic carbocycles. The Bertz CT molecular complexity index is 1160. The van der Waals surface area contributed by atoms with Crippen molar-refractivity contribution in [2.24, 2.45) is 5.16 Å². The molecule has 194 valence electrons. The van der Waals surface area contributed by atoms with E-state index >= 15 is 0 Å². The summed E-state index contributed by atoms with van der Waals surface area (Å²) in [5.74, 6) is -1.52. The van der Waals surface area contributed by atoms with Crippen molar-refractivity contribution in [1.29, 1.82) is 0 Å². The van der Waals surface area contributed by atoms with Gasteiger partial charge in [-0.15, -0.1) is 13.2 Å². The molecule has 0 radical (unpaired) electrons. The summed E-state index contributed by atoms with van der Waals surface area (Å²) in [4.78, 5) is 33.4. The summed E-state index contributed by atoms with van der Waals surface area (Å²) in [6, 6.07) is 7.39. The van der Waals surface area contributed by atoms with Gasteiger partial charge in [0, 0.05) is 22.0 Å². The summed E-state index contributed by atoms with van der Waals surface area (Å²) in [7, 11) is 0. The van der Waals surface area contributed by atoms with Crippen molar-refractivity contribution in [3.05, 3.63) is 68.7 Å². The lowest BCUT2D eigenvalue weighted by atomic mass is 9.97. The predicted molar refractivity (Wildman–Crippen MR) is 120 cm³/mol. The first kappa shape index (κ1) is 27.6. The van der Waals surface area contributed by atoms with Gasteiger partial charge in [0.15, 0.2) is 0 Å². The van der Waals surface area contributed by atoms with E-state index in [1.165, 1.54) is 43.3 Å². The van der Waals surface area contributed by atoms with Crippen molar-refractivity contribution in [2.45, 2.75) is 32.2 Å². The number of halogens is 7. The Labute approximate surface area is 211 Å². The number of hydrogen-bond donors (Lipinski definition) is 1. The van der Waals surface area contributed by atoms with Crippen LogP contribution in [0.4, 0.5) is 22.0 Å². The highest BCUT2D eigenvalue weighted by atomic mass is 35.5. The number of carbonyl (C=O) groups is 2. The fraction of sp³-hybridized carbons (Fsp3) is 0.318. The minimum absolute atomic E-state index is 0.0979. The van der Waals surface area contributed by atoms with E-state index in [1.54, 1.807) is 0 Å². The van der Waals surface area contributed by atoms with Crippen molar-refractivity contribution >= 4 is 40.7 Å². The molecule has 0 aliphatic carbocycles. The molecule has 0 spiro atoms. The first-order valence-electron chi connectivity index (χ1n) is 10.2. The molecule has 0 saturated carbocycles. The minimum atomic E-state index is -5.03. The topological polar surface area (TPSA) is 80.2 Å². The molecule has 14 heteroatoms. The number of amides is 2. The van der Waals surface area contributed by atoms with Crippen LogP contribution in [0.3, 0.4) is 0 Å². The van der Waals surface area contributed by atoms with Crippen LogP contribution in [0.2, 0.25) is 10.0 Å². The van der Waals surface area contributed by atoms with Crippen LogP contribution in [0.15, 0.2) is 41.6 Å². The van der Waals surface area contributed by atoms with E-state index in [0.29, 0.717) is 16.2 Å². The van der Waals surface area contributed by atoms with Gasteiger partial charge in [-0.25, -0.2) is 13.8 Å². The summed E-state index contributed by atoms with van der Waals surface area (Å²) in [5.41, 5.74) is 0.991. The highest BCUT2D eigenvalue weighted by Gasteiger charge is 2.36. The van der Waals surface area contributed by atoms with Crippen molar-refractivity contribution in [3.8, 4) is 0 Å². The van der Waals surface area contributed by atoms with Gasteiger partial charge >= 0.3 is 6.36 Å². The number of alkyl halides is 5. The third kappa shape index (κ3) is 7.52. The van der Waals surface area contributed by atoms with Crippen LogP contribution in [-0.4, -0.2) is 54.6 Å². The Balaban J connectivity index is 1.81. The van der Waals surface area contributed by atoms with Gasteiger partial charge in [-0.2, -0.15) is 0 Å².